The van der Waals surface area contributed by atoms with Crippen LogP contribution in [-0.2, 0) is 0 Å². The molecule has 6 aromatic rings. The van der Waals surface area contributed by atoms with E-state index in [-0.39, 0.29) is 23.6 Å². The summed E-state index contributed by atoms with van der Waals surface area (Å²) in [6.07, 6.45) is 3.46. The zero-order valence-electron chi connectivity index (χ0n) is 23.6. The van der Waals surface area contributed by atoms with Gasteiger partial charge in [0.2, 0.25) is 0 Å². The van der Waals surface area contributed by atoms with Crippen LogP contribution in [0.25, 0.3) is 32.7 Å². The summed E-state index contributed by atoms with van der Waals surface area (Å²) in [5, 5.41) is 27.2. The van der Waals surface area contributed by atoms with Crippen molar-refractivity contribution in [2.24, 2.45) is 9.98 Å². The molecule has 0 heterocycles. The Kier molecular flexibility index (Phi) is 7.52. The molecule has 0 aliphatic carbocycles. The van der Waals surface area contributed by atoms with Crippen LogP contribution >= 0.6 is 0 Å². The molecule has 0 bridgehead atoms. The van der Waals surface area contributed by atoms with Crippen molar-refractivity contribution in [3.8, 4) is 22.6 Å². The summed E-state index contributed by atoms with van der Waals surface area (Å²) in [4.78, 5) is 9.56. The van der Waals surface area contributed by atoms with Crippen LogP contribution in [0.1, 0.15) is 48.2 Å². The summed E-state index contributed by atoms with van der Waals surface area (Å²) in [6, 6.07) is 39.7. The molecule has 0 amide bonds. The van der Waals surface area contributed by atoms with E-state index in [0.29, 0.717) is 22.3 Å². The van der Waals surface area contributed by atoms with E-state index in [9.17, 15) is 10.2 Å². The van der Waals surface area contributed by atoms with Gasteiger partial charge < -0.3 is 10.2 Å². The fraction of sp³-hybridized carbons (Fsp3) is 0.105. The first-order valence-electron chi connectivity index (χ1n) is 14.2. The molecule has 0 saturated carbocycles. The summed E-state index contributed by atoms with van der Waals surface area (Å²) in [7, 11) is 0. The van der Waals surface area contributed by atoms with Gasteiger partial charge in [0.25, 0.3) is 0 Å². The third-order valence-electron chi connectivity index (χ3n) is 7.79. The summed E-state index contributed by atoms with van der Waals surface area (Å²) in [5.41, 5.74) is 4.51. The van der Waals surface area contributed by atoms with Gasteiger partial charge in [-0.05, 0) is 58.7 Å². The van der Waals surface area contributed by atoms with Gasteiger partial charge in [-0.25, -0.2) is 0 Å². The smallest absolute Gasteiger partial charge is 0.132 e. The first kappa shape index (κ1) is 27.0. The summed E-state index contributed by atoms with van der Waals surface area (Å²) < 4.78 is 0. The van der Waals surface area contributed by atoms with Gasteiger partial charge in [-0.2, -0.15) is 0 Å². The highest BCUT2D eigenvalue weighted by atomic mass is 16.3. The minimum Gasteiger partial charge on any atom is -0.507 e. The predicted octanol–water partition coefficient (Wildman–Crippen LogP) is 9.43. The molecule has 0 spiro atoms. The van der Waals surface area contributed by atoms with Crippen molar-refractivity contribution in [3.05, 3.63) is 144 Å². The number of benzene rings is 6. The highest BCUT2D eigenvalue weighted by molar-refractivity contribution is 6.14. The number of hydrogen-bond donors (Lipinski definition) is 2. The van der Waals surface area contributed by atoms with Crippen LogP contribution in [-0.4, -0.2) is 22.6 Å². The molecule has 0 saturated heterocycles. The number of aliphatic imine (C=N–C) groups is 2. The van der Waals surface area contributed by atoms with Crippen LogP contribution in [0.5, 0.6) is 11.5 Å². The quantitative estimate of drug-likeness (QED) is 0.195. The topological polar surface area (TPSA) is 65.2 Å². The van der Waals surface area contributed by atoms with Crippen molar-refractivity contribution in [2.75, 3.05) is 0 Å². The normalized spacial score (nSPS) is 13.3. The Labute approximate surface area is 246 Å². The lowest BCUT2D eigenvalue weighted by molar-refractivity contribution is 0.469. The highest BCUT2D eigenvalue weighted by Crippen LogP contribution is 2.47. The molecule has 4 nitrogen and oxygen atoms in total. The van der Waals surface area contributed by atoms with Gasteiger partial charge in [0.15, 0.2) is 0 Å². The van der Waals surface area contributed by atoms with Gasteiger partial charge in [-0.1, -0.05) is 109 Å². The highest BCUT2D eigenvalue weighted by Gasteiger charge is 2.21. The number of rotatable bonds is 7. The lowest BCUT2D eigenvalue weighted by Crippen LogP contribution is -1.96. The average Bonchev–Trinajstić information content (AvgIpc) is 3.04. The first-order valence-corrected chi connectivity index (χ1v) is 14.2. The van der Waals surface area contributed by atoms with Gasteiger partial charge in [0, 0.05) is 34.7 Å². The maximum atomic E-state index is 11.8. The minimum atomic E-state index is -0.0825. The predicted molar refractivity (Wildman–Crippen MR) is 175 cm³/mol. The van der Waals surface area contributed by atoms with E-state index in [2.05, 4.69) is 0 Å². The lowest BCUT2D eigenvalue weighted by atomic mass is 9.89. The Morgan fingerprint density at radius 2 is 0.857 bits per heavy atom. The Balaban J connectivity index is 1.53. The molecule has 0 aromatic heterocycles. The van der Waals surface area contributed by atoms with Crippen LogP contribution in [0.15, 0.2) is 131 Å². The molecule has 42 heavy (non-hydrogen) atoms. The molecule has 0 fully saturated rings. The van der Waals surface area contributed by atoms with Crippen molar-refractivity contribution >= 4 is 34.0 Å². The summed E-state index contributed by atoms with van der Waals surface area (Å²) >= 11 is 0. The SMILES string of the molecule is C[C@@H](N=Cc1cc2ccccc2c(-c2c(O)c(C=N[C@H](C)c3ccccc3)cc3ccccc23)c1O)c1ccccc1. The van der Waals surface area contributed by atoms with E-state index in [0.717, 1.165) is 32.7 Å². The number of aromatic hydroxyl groups is 2. The second-order valence-electron chi connectivity index (χ2n) is 10.6. The van der Waals surface area contributed by atoms with Crippen molar-refractivity contribution in [1.29, 1.82) is 0 Å². The molecule has 2 N–H and O–H groups in total. The number of hydrogen-bond acceptors (Lipinski definition) is 4. The lowest BCUT2D eigenvalue weighted by Gasteiger charge is -2.18. The fourth-order valence-corrected chi connectivity index (χ4v) is 5.44. The molecule has 0 aliphatic heterocycles. The molecule has 206 valence electrons. The van der Waals surface area contributed by atoms with Crippen LogP contribution in [0.2, 0.25) is 0 Å². The monoisotopic (exact) mass is 548 g/mol. The zero-order valence-corrected chi connectivity index (χ0v) is 23.6. The molecule has 0 radical (unpaired) electrons. The van der Waals surface area contributed by atoms with Gasteiger partial charge in [-0.15, -0.1) is 0 Å². The third-order valence-corrected chi connectivity index (χ3v) is 7.79. The van der Waals surface area contributed by atoms with Gasteiger partial charge in [0.1, 0.15) is 11.5 Å². The Morgan fingerprint density at radius 1 is 0.500 bits per heavy atom. The average molecular weight is 549 g/mol. The third kappa shape index (κ3) is 5.27. The summed E-state index contributed by atoms with van der Waals surface area (Å²) in [5.74, 6) is 0.148. The van der Waals surface area contributed by atoms with E-state index in [4.69, 9.17) is 9.98 Å². The standard InChI is InChI=1S/C38H32N2O2/c1-25(27-13-5-3-6-14-27)39-23-31-21-29-17-9-11-19-33(29)35(37(31)41)36-34-20-12-10-18-30(34)22-32(38(36)42)24-40-26(2)28-15-7-4-8-16-28/h3-26,41-42H,1-2H3/t25-,26-/m1/s1. The molecule has 2 atom stereocenters. The van der Waals surface area contributed by atoms with Crippen LogP contribution in [0, 0.1) is 0 Å². The molecular weight excluding hydrogens is 516 g/mol. The van der Waals surface area contributed by atoms with Gasteiger partial charge in [0.05, 0.1) is 12.1 Å². The number of phenolic OH excluding ortho intramolecular Hbond substituents is 2. The molecular formula is C38H32N2O2. The van der Waals surface area contributed by atoms with Gasteiger partial charge >= 0.3 is 0 Å². The Hall–Kier alpha value is -5.22. The molecule has 6 rings (SSSR count). The maximum absolute atomic E-state index is 11.8. The zero-order chi connectivity index (χ0) is 29.1. The van der Waals surface area contributed by atoms with E-state index < -0.39 is 0 Å². The van der Waals surface area contributed by atoms with Crippen molar-refractivity contribution in [1.82, 2.24) is 0 Å². The van der Waals surface area contributed by atoms with Gasteiger partial charge in [-0.3, -0.25) is 9.98 Å². The van der Waals surface area contributed by atoms with Crippen LogP contribution in [0.4, 0.5) is 0 Å². The second kappa shape index (κ2) is 11.7. The maximum Gasteiger partial charge on any atom is 0.132 e. The van der Waals surface area contributed by atoms with Crippen molar-refractivity contribution < 1.29 is 10.2 Å². The van der Waals surface area contributed by atoms with E-state index >= 15 is 0 Å². The number of fused-ring (bicyclic) bond motifs is 2. The van der Waals surface area contributed by atoms with Crippen molar-refractivity contribution in [3.63, 3.8) is 0 Å². The Morgan fingerprint density at radius 3 is 1.26 bits per heavy atom. The number of nitrogens with zero attached hydrogens (tertiary/aromatic N) is 2. The molecule has 6 aromatic carbocycles. The van der Waals surface area contributed by atoms with Crippen LogP contribution in [0.3, 0.4) is 0 Å². The van der Waals surface area contributed by atoms with E-state index in [1.165, 1.54) is 0 Å². The summed E-state index contributed by atoms with van der Waals surface area (Å²) in [6.45, 7) is 4.06. The minimum absolute atomic E-state index is 0.0740. The first-order chi connectivity index (χ1) is 20.5. The van der Waals surface area contributed by atoms with Crippen LogP contribution < -0.4 is 0 Å². The number of phenols is 2. The molecule has 0 unspecified atom stereocenters. The largest absolute Gasteiger partial charge is 0.507 e. The molecule has 4 heteroatoms. The van der Waals surface area contributed by atoms with E-state index in [1.807, 2.05) is 135 Å². The van der Waals surface area contributed by atoms with Crippen molar-refractivity contribution in [2.45, 2.75) is 25.9 Å². The Bertz CT molecular complexity index is 1790. The fourth-order valence-electron chi connectivity index (χ4n) is 5.44. The second-order valence-corrected chi connectivity index (χ2v) is 10.6. The molecule has 0 aliphatic rings. The van der Waals surface area contributed by atoms with E-state index in [1.54, 1.807) is 12.4 Å².